The first-order valence-electron chi connectivity index (χ1n) is 6.73. The molecule has 1 atom stereocenters. The zero-order chi connectivity index (χ0) is 13.0. The molecule has 0 saturated heterocycles. The summed E-state index contributed by atoms with van der Waals surface area (Å²) in [7, 11) is 1.97. The first-order chi connectivity index (χ1) is 8.72. The Bertz CT molecular complexity index is 413. The van der Waals surface area contributed by atoms with Crippen LogP contribution in [0.15, 0.2) is 6.20 Å². The van der Waals surface area contributed by atoms with E-state index >= 15 is 0 Å². The SMILES string of the molecule is CCNCCC(=O)NC1CCCc2c1cnn2C. The number of fused-ring (bicyclic) bond motifs is 1. The summed E-state index contributed by atoms with van der Waals surface area (Å²) in [5.74, 6) is 0.123. The van der Waals surface area contributed by atoms with E-state index in [4.69, 9.17) is 0 Å². The van der Waals surface area contributed by atoms with Crippen LogP contribution in [0.2, 0.25) is 0 Å². The van der Waals surface area contributed by atoms with Crippen LogP contribution in [0.25, 0.3) is 0 Å². The number of rotatable bonds is 5. The van der Waals surface area contributed by atoms with E-state index in [1.54, 1.807) is 0 Å². The van der Waals surface area contributed by atoms with Gasteiger partial charge in [0.2, 0.25) is 5.91 Å². The van der Waals surface area contributed by atoms with Gasteiger partial charge in [0, 0.05) is 31.3 Å². The van der Waals surface area contributed by atoms with E-state index in [2.05, 4.69) is 15.7 Å². The van der Waals surface area contributed by atoms with Gasteiger partial charge in [0.05, 0.1) is 12.2 Å². The number of nitrogens with one attached hydrogen (secondary N) is 2. The number of hydrogen-bond acceptors (Lipinski definition) is 3. The van der Waals surface area contributed by atoms with E-state index in [1.165, 1.54) is 11.3 Å². The Morgan fingerprint density at radius 1 is 1.61 bits per heavy atom. The Balaban J connectivity index is 1.92. The second kappa shape index (κ2) is 6.00. The fourth-order valence-corrected chi connectivity index (χ4v) is 2.50. The van der Waals surface area contributed by atoms with Crippen LogP contribution in [0.5, 0.6) is 0 Å². The minimum atomic E-state index is 0.123. The summed E-state index contributed by atoms with van der Waals surface area (Å²) in [4.78, 5) is 11.8. The van der Waals surface area contributed by atoms with Crippen molar-refractivity contribution in [3.63, 3.8) is 0 Å². The van der Waals surface area contributed by atoms with Crippen molar-refractivity contribution < 1.29 is 4.79 Å². The number of aryl methyl sites for hydroxylation is 1. The third kappa shape index (κ3) is 2.90. The molecule has 0 bridgehead atoms. The highest BCUT2D eigenvalue weighted by atomic mass is 16.1. The fourth-order valence-electron chi connectivity index (χ4n) is 2.50. The van der Waals surface area contributed by atoms with E-state index < -0.39 is 0 Å². The van der Waals surface area contributed by atoms with Crippen LogP contribution in [-0.2, 0) is 18.3 Å². The molecule has 0 radical (unpaired) electrons. The summed E-state index contributed by atoms with van der Waals surface area (Å²) >= 11 is 0. The highest BCUT2D eigenvalue weighted by Crippen LogP contribution is 2.28. The maximum atomic E-state index is 11.8. The van der Waals surface area contributed by atoms with E-state index in [0.29, 0.717) is 6.42 Å². The fraction of sp³-hybridized carbons (Fsp3) is 0.692. The van der Waals surface area contributed by atoms with Gasteiger partial charge in [-0.25, -0.2) is 0 Å². The lowest BCUT2D eigenvalue weighted by Crippen LogP contribution is -2.32. The van der Waals surface area contributed by atoms with Crippen LogP contribution < -0.4 is 10.6 Å². The summed E-state index contributed by atoms with van der Waals surface area (Å²) in [6.45, 7) is 3.69. The topological polar surface area (TPSA) is 59.0 Å². The van der Waals surface area contributed by atoms with Crippen LogP contribution in [0.3, 0.4) is 0 Å². The first-order valence-corrected chi connectivity index (χ1v) is 6.73. The van der Waals surface area contributed by atoms with Crippen LogP contribution in [0.1, 0.15) is 43.5 Å². The quantitative estimate of drug-likeness (QED) is 0.764. The molecule has 1 aromatic rings. The predicted octanol–water partition coefficient (Wildman–Crippen LogP) is 0.913. The Labute approximate surface area is 108 Å². The van der Waals surface area contributed by atoms with Gasteiger partial charge in [-0.15, -0.1) is 0 Å². The highest BCUT2D eigenvalue weighted by molar-refractivity contribution is 5.76. The van der Waals surface area contributed by atoms with Gasteiger partial charge < -0.3 is 10.6 Å². The lowest BCUT2D eigenvalue weighted by molar-refractivity contribution is -0.121. The number of hydrogen-bond donors (Lipinski definition) is 2. The summed E-state index contributed by atoms with van der Waals surface area (Å²) in [5, 5.41) is 10.6. The maximum Gasteiger partial charge on any atom is 0.221 e. The Hall–Kier alpha value is -1.36. The molecule has 0 fully saturated rings. The molecule has 2 rings (SSSR count). The van der Waals surface area contributed by atoms with Gasteiger partial charge in [0.15, 0.2) is 0 Å². The van der Waals surface area contributed by atoms with Crippen molar-refractivity contribution in [2.24, 2.45) is 7.05 Å². The van der Waals surface area contributed by atoms with Gasteiger partial charge in [0.25, 0.3) is 0 Å². The average molecular weight is 250 g/mol. The van der Waals surface area contributed by atoms with Crippen molar-refractivity contribution in [1.29, 1.82) is 0 Å². The molecule has 0 saturated carbocycles. The normalized spacial score (nSPS) is 18.4. The molecule has 1 amide bonds. The predicted molar refractivity (Wildman–Crippen MR) is 70.2 cm³/mol. The molecule has 0 spiro atoms. The summed E-state index contributed by atoms with van der Waals surface area (Å²) in [6.07, 6.45) is 5.63. The number of carbonyl (C=O) groups excluding carboxylic acids is 1. The summed E-state index contributed by atoms with van der Waals surface area (Å²) in [5.41, 5.74) is 2.46. The molecule has 1 aromatic heterocycles. The molecular formula is C13H22N4O. The zero-order valence-corrected chi connectivity index (χ0v) is 11.2. The monoisotopic (exact) mass is 250 g/mol. The van der Waals surface area contributed by atoms with Crippen molar-refractivity contribution in [3.05, 3.63) is 17.5 Å². The molecule has 1 heterocycles. The largest absolute Gasteiger partial charge is 0.349 e. The minimum Gasteiger partial charge on any atom is -0.349 e. The first kappa shape index (κ1) is 13.1. The van der Waals surface area contributed by atoms with Gasteiger partial charge >= 0.3 is 0 Å². The molecule has 5 heteroatoms. The molecule has 5 nitrogen and oxygen atoms in total. The van der Waals surface area contributed by atoms with E-state index in [1.807, 2.05) is 24.9 Å². The van der Waals surface area contributed by atoms with Crippen LogP contribution >= 0.6 is 0 Å². The Morgan fingerprint density at radius 3 is 3.22 bits per heavy atom. The second-order valence-corrected chi connectivity index (χ2v) is 4.79. The Morgan fingerprint density at radius 2 is 2.44 bits per heavy atom. The molecule has 0 aliphatic heterocycles. The van der Waals surface area contributed by atoms with Crippen molar-refractivity contribution in [2.45, 2.75) is 38.6 Å². The third-order valence-electron chi connectivity index (χ3n) is 3.49. The van der Waals surface area contributed by atoms with E-state index in [-0.39, 0.29) is 11.9 Å². The molecule has 2 N–H and O–H groups in total. The molecule has 0 aromatic carbocycles. The van der Waals surface area contributed by atoms with E-state index in [9.17, 15) is 4.79 Å². The molecule has 18 heavy (non-hydrogen) atoms. The molecular weight excluding hydrogens is 228 g/mol. The lowest BCUT2D eigenvalue weighted by atomic mass is 9.93. The van der Waals surface area contributed by atoms with Gasteiger partial charge in [0.1, 0.15) is 0 Å². The number of aromatic nitrogens is 2. The standard InChI is InChI=1S/C13H22N4O/c1-3-14-8-7-13(18)16-11-5-4-6-12-10(11)9-15-17(12)2/h9,11,14H,3-8H2,1-2H3,(H,16,18). The van der Waals surface area contributed by atoms with Crippen molar-refractivity contribution in [2.75, 3.05) is 13.1 Å². The van der Waals surface area contributed by atoms with Crippen LogP contribution in [-0.4, -0.2) is 28.8 Å². The zero-order valence-electron chi connectivity index (χ0n) is 11.2. The van der Waals surface area contributed by atoms with Gasteiger partial charge in [-0.3, -0.25) is 9.48 Å². The second-order valence-electron chi connectivity index (χ2n) is 4.79. The molecule has 100 valence electrons. The van der Waals surface area contributed by atoms with E-state index in [0.717, 1.165) is 32.4 Å². The maximum absolute atomic E-state index is 11.8. The van der Waals surface area contributed by atoms with Crippen molar-refractivity contribution >= 4 is 5.91 Å². The van der Waals surface area contributed by atoms with Gasteiger partial charge in [-0.1, -0.05) is 6.92 Å². The molecule has 1 aliphatic carbocycles. The summed E-state index contributed by atoms with van der Waals surface area (Å²) in [6, 6.07) is 0.150. The van der Waals surface area contributed by atoms with Gasteiger partial charge in [-0.05, 0) is 25.8 Å². The van der Waals surface area contributed by atoms with Gasteiger partial charge in [-0.2, -0.15) is 5.10 Å². The average Bonchev–Trinajstić information content (AvgIpc) is 2.73. The lowest BCUT2D eigenvalue weighted by Gasteiger charge is -2.23. The number of nitrogens with zero attached hydrogens (tertiary/aromatic N) is 2. The van der Waals surface area contributed by atoms with Crippen molar-refractivity contribution in [1.82, 2.24) is 20.4 Å². The van der Waals surface area contributed by atoms with Crippen LogP contribution in [0, 0.1) is 0 Å². The van der Waals surface area contributed by atoms with Crippen LogP contribution in [0.4, 0.5) is 0 Å². The summed E-state index contributed by atoms with van der Waals surface area (Å²) < 4.78 is 1.92. The minimum absolute atomic E-state index is 0.123. The Kier molecular flexibility index (Phi) is 4.36. The number of amides is 1. The molecule has 1 aliphatic rings. The number of carbonyl (C=O) groups is 1. The third-order valence-corrected chi connectivity index (χ3v) is 3.49. The smallest absolute Gasteiger partial charge is 0.221 e. The highest BCUT2D eigenvalue weighted by Gasteiger charge is 2.24. The molecule has 1 unspecified atom stereocenters. The van der Waals surface area contributed by atoms with Crippen molar-refractivity contribution in [3.8, 4) is 0 Å².